The summed E-state index contributed by atoms with van der Waals surface area (Å²) in [6.45, 7) is 2.88. The van der Waals surface area contributed by atoms with E-state index in [1.165, 1.54) is 5.56 Å². The van der Waals surface area contributed by atoms with E-state index in [2.05, 4.69) is 5.10 Å². The first kappa shape index (κ1) is 14.7. The summed E-state index contributed by atoms with van der Waals surface area (Å²) >= 11 is 0. The normalized spacial score (nSPS) is 22.1. The number of carbonyl (C=O) groups is 1. The first-order chi connectivity index (χ1) is 10.5. The van der Waals surface area contributed by atoms with Crippen LogP contribution in [0, 0.1) is 6.92 Å². The molecule has 2 aromatic rings. The molecule has 6 nitrogen and oxygen atoms in total. The van der Waals surface area contributed by atoms with Gasteiger partial charge < -0.3 is 10.2 Å². The molecule has 0 bridgehead atoms. The maximum Gasteiger partial charge on any atom is 0.321 e. The fraction of sp³-hybridized carbons (Fsp3) is 0.375. The number of aliphatic hydroxyl groups excluding tert-OH is 1. The molecule has 116 valence electrons. The molecule has 2 N–H and O–H groups in total. The Morgan fingerprint density at radius 3 is 2.77 bits per heavy atom. The molecule has 0 aliphatic carbocycles. The van der Waals surface area contributed by atoms with Crippen molar-refractivity contribution in [2.24, 2.45) is 0 Å². The zero-order valence-electron chi connectivity index (χ0n) is 12.4. The number of rotatable bonds is 4. The smallest absolute Gasteiger partial charge is 0.321 e. The number of likely N-dealkylation sites (tertiary alicyclic amines) is 1. The second kappa shape index (κ2) is 5.90. The van der Waals surface area contributed by atoms with Crippen LogP contribution < -0.4 is 0 Å². The van der Waals surface area contributed by atoms with Crippen molar-refractivity contribution < 1.29 is 15.0 Å². The van der Waals surface area contributed by atoms with Crippen LogP contribution in [-0.4, -0.2) is 49.6 Å². The molecule has 2 heterocycles. The van der Waals surface area contributed by atoms with E-state index >= 15 is 0 Å². The zero-order valence-corrected chi connectivity index (χ0v) is 12.4. The highest BCUT2D eigenvalue weighted by Gasteiger charge is 2.35. The topological polar surface area (TPSA) is 78.6 Å². The number of aromatic nitrogens is 2. The molecule has 22 heavy (non-hydrogen) atoms. The molecule has 0 spiro atoms. The van der Waals surface area contributed by atoms with Crippen molar-refractivity contribution in [2.45, 2.75) is 32.0 Å². The molecule has 6 heteroatoms. The van der Waals surface area contributed by atoms with Crippen LogP contribution in [0.4, 0.5) is 0 Å². The highest BCUT2D eigenvalue weighted by atomic mass is 16.4. The Labute approximate surface area is 128 Å². The molecule has 1 aliphatic rings. The molecule has 0 radical (unpaired) electrons. The highest BCUT2D eigenvalue weighted by Crippen LogP contribution is 2.21. The van der Waals surface area contributed by atoms with E-state index in [0.29, 0.717) is 13.1 Å². The summed E-state index contributed by atoms with van der Waals surface area (Å²) in [4.78, 5) is 13.0. The van der Waals surface area contributed by atoms with Gasteiger partial charge in [0.1, 0.15) is 6.04 Å². The van der Waals surface area contributed by atoms with Crippen LogP contribution >= 0.6 is 0 Å². The predicted molar refractivity (Wildman–Crippen MR) is 80.8 cm³/mol. The molecule has 2 atom stereocenters. The fourth-order valence-electron chi connectivity index (χ4n) is 2.83. The van der Waals surface area contributed by atoms with E-state index in [0.717, 1.165) is 11.3 Å². The van der Waals surface area contributed by atoms with Gasteiger partial charge in [-0.15, -0.1) is 0 Å². The zero-order chi connectivity index (χ0) is 15.7. The van der Waals surface area contributed by atoms with Gasteiger partial charge in [-0.3, -0.25) is 9.69 Å². The second-order valence-electron chi connectivity index (χ2n) is 5.80. The van der Waals surface area contributed by atoms with Crippen molar-refractivity contribution in [3.05, 3.63) is 47.8 Å². The summed E-state index contributed by atoms with van der Waals surface area (Å²) in [7, 11) is 0. The van der Waals surface area contributed by atoms with Gasteiger partial charge in [0.15, 0.2) is 0 Å². The Bertz CT molecular complexity index is 666. The molecule has 1 saturated heterocycles. The number of nitrogens with zero attached hydrogens (tertiary/aromatic N) is 3. The predicted octanol–water partition coefficient (Wildman–Crippen LogP) is 1.20. The van der Waals surface area contributed by atoms with Gasteiger partial charge in [-0.2, -0.15) is 5.10 Å². The Balaban J connectivity index is 1.74. The average molecular weight is 301 g/mol. The lowest BCUT2D eigenvalue weighted by Crippen LogP contribution is -2.35. The van der Waals surface area contributed by atoms with E-state index < -0.39 is 18.1 Å². The SMILES string of the molecule is Cc1ccc(-n2cc(CN3CC(O)CC3C(=O)O)cn2)cc1. The van der Waals surface area contributed by atoms with Crippen LogP contribution in [0.1, 0.15) is 17.5 Å². The maximum atomic E-state index is 11.2. The summed E-state index contributed by atoms with van der Waals surface area (Å²) in [5, 5.41) is 23.2. The monoisotopic (exact) mass is 301 g/mol. The second-order valence-corrected chi connectivity index (χ2v) is 5.80. The van der Waals surface area contributed by atoms with Crippen LogP contribution in [0.25, 0.3) is 5.69 Å². The summed E-state index contributed by atoms with van der Waals surface area (Å²) in [5.74, 6) is -0.887. The lowest BCUT2D eigenvalue weighted by molar-refractivity contribution is -0.142. The third-order valence-electron chi connectivity index (χ3n) is 3.99. The van der Waals surface area contributed by atoms with Crippen LogP contribution in [0.2, 0.25) is 0 Å². The first-order valence-electron chi connectivity index (χ1n) is 7.28. The minimum atomic E-state index is -0.887. The largest absolute Gasteiger partial charge is 0.480 e. The number of aliphatic carboxylic acids is 1. The van der Waals surface area contributed by atoms with Crippen molar-refractivity contribution in [3.8, 4) is 5.69 Å². The minimum absolute atomic E-state index is 0.279. The Kier molecular flexibility index (Phi) is 3.96. The third-order valence-corrected chi connectivity index (χ3v) is 3.99. The van der Waals surface area contributed by atoms with Crippen molar-refractivity contribution in [3.63, 3.8) is 0 Å². The molecule has 2 unspecified atom stereocenters. The van der Waals surface area contributed by atoms with Gasteiger partial charge in [0.2, 0.25) is 0 Å². The fourth-order valence-corrected chi connectivity index (χ4v) is 2.83. The number of β-amino-alcohol motifs (C(OH)–C–C–N with tert-alkyl or cyclic N) is 1. The molecule has 0 saturated carbocycles. The lowest BCUT2D eigenvalue weighted by Gasteiger charge is -2.19. The van der Waals surface area contributed by atoms with Gasteiger partial charge >= 0.3 is 5.97 Å². The van der Waals surface area contributed by atoms with Crippen molar-refractivity contribution >= 4 is 5.97 Å². The average Bonchev–Trinajstić information content (AvgIpc) is 3.07. The number of hydrogen-bond acceptors (Lipinski definition) is 4. The standard InChI is InChI=1S/C16H19N3O3/c1-11-2-4-13(5-3-11)19-9-12(7-17-19)8-18-10-14(20)6-15(18)16(21)22/h2-5,7,9,14-15,20H,6,8,10H2,1H3,(H,21,22). The Morgan fingerprint density at radius 2 is 2.09 bits per heavy atom. The molecule has 0 amide bonds. The van der Waals surface area contributed by atoms with E-state index in [4.69, 9.17) is 0 Å². The number of benzene rings is 1. The number of carboxylic acid groups (broad SMARTS) is 1. The molecular formula is C16H19N3O3. The summed E-state index contributed by atoms with van der Waals surface area (Å²) in [5.41, 5.74) is 3.08. The minimum Gasteiger partial charge on any atom is -0.480 e. The van der Waals surface area contributed by atoms with Crippen molar-refractivity contribution in [1.82, 2.24) is 14.7 Å². The van der Waals surface area contributed by atoms with Gasteiger partial charge in [-0.1, -0.05) is 17.7 Å². The summed E-state index contributed by atoms with van der Waals surface area (Å²) in [6.07, 6.45) is 3.34. The van der Waals surface area contributed by atoms with Gasteiger partial charge in [-0.25, -0.2) is 4.68 Å². The number of carboxylic acids is 1. The van der Waals surface area contributed by atoms with E-state index in [1.807, 2.05) is 37.4 Å². The van der Waals surface area contributed by atoms with E-state index in [9.17, 15) is 15.0 Å². The third kappa shape index (κ3) is 3.03. The molecule has 1 aromatic heterocycles. The van der Waals surface area contributed by atoms with Gasteiger partial charge in [0.25, 0.3) is 0 Å². The van der Waals surface area contributed by atoms with Crippen molar-refractivity contribution in [1.29, 1.82) is 0 Å². The van der Waals surface area contributed by atoms with Crippen LogP contribution in [0.15, 0.2) is 36.7 Å². The van der Waals surface area contributed by atoms with E-state index in [-0.39, 0.29) is 6.42 Å². The molecule has 1 aliphatic heterocycles. The quantitative estimate of drug-likeness (QED) is 0.887. The van der Waals surface area contributed by atoms with Gasteiger partial charge in [0.05, 0.1) is 18.0 Å². The molecule has 1 aromatic carbocycles. The molecular weight excluding hydrogens is 282 g/mol. The number of aryl methyl sites for hydroxylation is 1. The molecule has 1 fully saturated rings. The lowest BCUT2D eigenvalue weighted by atomic mass is 10.2. The maximum absolute atomic E-state index is 11.2. The summed E-state index contributed by atoms with van der Waals surface area (Å²) in [6, 6.07) is 7.40. The Hall–Kier alpha value is -2.18. The van der Waals surface area contributed by atoms with Crippen LogP contribution in [-0.2, 0) is 11.3 Å². The summed E-state index contributed by atoms with van der Waals surface area (Å²) < 4.78 is 1.77. The number of hydrogen-bond donors (Lipinski definition) is 2. The molecule has 3 rings (SSSR count). The van der Waals surface area contributed by atoms with Crippen LogP contribution in [0.5, 0.6) is 0 Å². The highest BCUT2D eigenvalue weighted by molar-refractivity contribution is 5.74. The Morgan fingerprint density at radius 1 is 1.36 bits per heavy atom. The van der Waals surface area contributed by atoms with Crippen molar-refractivity contribution in [2.75, 3.05) is 6.54 Å². The van der Waals surface area contributed by atoms with Gasteiger partial charge in [-0.05, 0) is 19.1 Å². The van der Waals surface area contributed by atoms with Crippen LogP contribution in [0.3, 0.4) is 0 Å². The number of aliphatic hydroxyl groups is 1. The van der Waals surface area contributed by atoms with E-state index in [1.54, 1.807) is 15.8 Å². The first-order valence-corrected chi connectivity index (χ1v) is 7.28. The van der Waals surface area contributed by atoms with Gasteiger partial charge in [0, 0.05) is 31.3 Å².